The largest absolute Gasteiger partial charge is 0.370 e. The van der Waals surface area contributed by atoms with Crippen LogP contribution in [-0.4, -0.2) is 21.4 Å². The second kappa shape index (κ2) is 5.30. The molecule has 1 rings (SSSR count). The van der Waals surface area contributed by atoms with E-state index in [0.29, 0.717) is 0 Å². The molecule has 0 aliphatic heterocycles. The molecule has 3 N–H and O–H groups in total. The highest BCUT2D eigenvalue weighted by molar-refractivity contribution is 5.75. The minimum Gasteiger partial charge on any atom is -0.370 e. The highest BCUT2D eigenvalue weighted by atomic mass is 16.6. The topological polar surface area (TPSA) is 135 Å². The van der Waals surface area contributed by atoms with Crippen molar-refractivity contribution in [3.63, 3.8) is 0 Å². The minimum absolute atomic E-state index is 0.0631. The third kappa shape index (κ3) is 3.92. The van der Waals surface area contributed by atoms with E-state index in [1.807, 2.05) is 0 Å². The molecular formula is C11H13N5O3. The second-order valence-electron chi connectivity index (χ2n) is 4.59. The van der Waals surface area contributed by atoms with E-state index in [2.05, 4.69) is 10.3 Å². The van der Waals surface area contributed by atoms with Crippen molar-refractivity contribution in [3.05, 3.63) is 27.9 Å². The van der Waals surface area contributed by atoms with Crippen molar-refractivity contribution in [2.24, 2.45) is 5.73 Å². The summed E-state index contributed by atoms with van der Waals surface area (Å²) in [6.45, 7) is 3.46. The second-order valence-corrected chi connectivity index (χ2v) is 4.59. The van der Waals surface area contributed by atoms with Gasteiger partial charge in [0.15, 0.2) is 0 Å². The number of anilines is 1. The van der Waals surface area contributed by atoms with Gasteiger partial charge in [-0.05, 0) is 19.9 Å². The molecule has 0 bridgehead atoms. The number of hydrogen-bond acceptors (Lipinski definition) is 6. The number of amides is 1. The number of carbonyl (C=O) groups is 1. The van der Waals surface area contributed by atoms with Gasteiger partial charge in [0.1, 0.15) is 11.9 Å². The first kappa shape index (κ1) is 14.4. The lowest BCUT2D eigenvalue weighted by molar-refractivity contribution is -0.385. The maximum Gasteiger partial charge on any atom is 0.305 e. The Hall–Kier alpha value is -2.69. The zero-order chi connectivity index (χ0) is 14.6. The Morgan fingerprint density at radius 1 is 1.63 bits per heavy atom. The van der Waals surface area contributed by atoms with E-state index in [1.54, 1.807) is 19.9 Å². The Morgan fingerprint density at radius 3 is 2.74 bits per heavy atom. The standard InChI is InChI=1S/C11H13N5O3/c1-11(2,5-9(13)17)15-10-4-3-8(16(18)19)7(6-12)14-10/h3-4H,5H2,1-2H3,(H2,13,17)(H,14,15). The van der Waals surface area contributed by atoms with Crippen molar-refractivity contribution in [1.29, 1.82) is 5.26 Å². The first-order valence-electron chi connectivity index (χ1n) is 5.37. The van der Waals surface area contributed by atoms with E-state index >= 15 is 0 Å². The van der Waals surface area contributed by atoms with Gasteiger partial charge in [-0.25, -0.2) is 4.98 Å². The Balaban J connectivity index is 3.01. The van der Waals surface area contributed by atoms with Gasteiger partial charge in [0.05, 0.1) is 4.92 Å². The van der Waals surface area contributed by atoms with Crippen molar-refractivity contribution in [1.82, 2.24) is 4.98 Å². The van der Waals surface area contributed by atoms with Crippen LogP contribution in [0.5, 0.6) is 0 Å². The Labute approximate surface area is 109 Å². The van der Waals surface area contributed by atoms with Crippen LogP contribution < -0.4 is 11.1 Å². The number of carbonyl (C=O) groups excluding carboxylic acids is 1. The molecule has 0 aromatic carbocycles. The molecule has 8 heteroatoms. The van der Waals surface area contributed by atoms with E-state index in [4.69, 9.17) is 11.0 Å². The Bertz CT molecular complexity index is 562. The maximum absolute atomic E-state index is 10.9. The molecule has 8 nitrogen and oxygen atoms in total. The molecule has 0 fully saturated rings. The van der Waals surface area contributed by atoms with E-state index < -0.39 is 16.4 Å². The zero-order valence-corrected chi connectivity index (χ0v) is 10.5. The average molecular weight is 263 g/mol. The first-order valence-corrected chi connectivity index (χ1v) is 5.37. The van der Waals surface area contributed by atoms with Gasteiger partial charge in [0.2, 0.25) is 11.6 Å². The number of nitrogens with two attached hydrogens (primary N) is 1. The van der Waals surface area contributed by atoms with Gasteiger partial charge >= 0.3 is 5.69 Å². The summed E-state index contributed by atoms with van der Waals surface area (Å²) >= 11 is 0. The number of pyridine rings is 1. The van der Waals surface area contributed by atoms with Gasteiger partial charge in [0.25, 0.3) is 0 Å². The molecule has 0 spiro atoms. The summed E-state index contributed by atoms with van der Waals surface area (Å²) in [5.74, 6) is -0.215. The summed E-state index contributed by atoms with van der Waals surface area (Å²) in [6, 6.07) is 4.22. The van der Waals surface area contributed by atoms with Gasteiger partial charge in [-0.15, -0.1) is 0 Å². The van der Waals surface area contributed by atoms with Crippen molar-refractivity contribution < 1.29 is 9.72 Å². The molecular weight excluding hydrogens is 250 g/mol. The molecule has 0 radical (unpaired) electrons. The summed E-state index contributed by atoms with van der Waals surface area (Å²) in [5.41, 5.74) is 3.80. The molecule has 100 valence electrons. The summed E-state index contributed by atoms with van der Waals surface area (Å²) in [4.78, 5) is 24.7. The van der Waals surface area contributed by atoms with Crippen molar-refractivity contribution in [3.8, 4) is 6.07 Å². The number of rotatable bonds is 5. The molecule has 19 heavy (non-hydrogen) atoms. The normalized spacial score (nSPS) is 10.6. The number of primary amides is 1. The van der Waals surface area contributed by atoms with Crippen molar-refractivity contribution in [2.45, 2.75) is 25.8 Å². The van der Waals surface area contributed by atoms with Crippen LogP contribution in [0.4, 0.5) is 11.5 Å². The SMILES string of the molecule is CC(C)(CC(N)=O)Nc1ccc([N+](=O)[O-])c(C#N)n1. The third-order valence-corrected chi connectivity index (χ3v) is 2.26. The van der Waals surface area contributed by atoms with Crippen LogP contribution in [0.2, 0.25) is 0 Å². The number of aromatic nitrogens is 1. The lowest BCUT2D eigenvalue weighted by Crippen LogP contribution is -2.36. The summed E-state index contributed by atoms with van der Waals surface area (Å²) in [7, 11) is 0. The number of nitro groups is 1. The first-order chi connectivity index (χ1) is 8.75. The predicted octanol–water partition coefficient (Wildman–Crippen LogP) is 0.927. The van der Waals surface area contributed by atoms with Crippen LogP contribution in [0.25, 0.3) is 0 Å². The fraction of sp³-hybridized carbons (Fsp3) is 0.364. The van der Waals surface area contributed by atoms with Crippen LogP contribution in [0, 0.1) is 21.4 Å². The molecule has 1 heterocycles. The monoisotopic (exact) mass is 263 g/mol. The molecule has 0 saturated carbocycles. The van der Waals surface area contributed by atoms with E-state index in [1.165, 1.54) is 12.1 Å². The number of hydrogen-bond donors (Lipinski definition) is 2. The Kier molecular flexibility index (Phi) is 4.01. The molecule has 0 atom stereocenters. The summed E-state index contributed by atoms with van der Waals surface area (Å²) in [6.07, 6.45) is 0.0631. The maximum atomic E-state index is 10.9. The molecule has 0 aliphatic rings. The number of nitriles is 1. The molecule has 0 aliphatic carbocycles. The summed E-state index contributed by atoms with van der Waals surface area (Å²) in [5, 5.41) is 22.4. The van der Waals surface area contributed by atoms with Crippen LogP contribution in [0.15, 0.2) is 12.1 Å². The van der Waals surface area contributed by atoms with Gasteiger partial charge < -0.3 is 11.1 Å². The third-order valence-electron chi connectivity index (χ3n) is 2.26. The predicted molar refractivity (Wildman–Crippen MR) is 67.1 cm³/mol. The number of nitrogens with one attached hydrogen (secondary N) is 1. The molecule has 1 amide bonds. The van der Waals surface area contributed by atoms with Crippen LogP contribution >= 0.6 is 0 Å². The van der Waals surface area contributed by atoms with Crippen molar-refractivity contribution >= 4 is 17.4 Å². The smallest absolute Gasteiger partial charge is 0.305 e. The highest BCUT2D eigenvalue weighted by Crippen LogP contribution is 2.21. The fourth-order valence-electron chi connectivity index (χ4n) is 1.58. The van der Waals surface area contributed by atoms with E-state index in [0.717, 1.165) is 0 Å². The quantitative estimate of drug-likeness (QED) is 0.599. The van der Waals surface area contributed by atoms with Crippen LogP contribution in [0.1, 0.15) is 26.0 Å². The van der Waals surface area contributed by atoms with Crippen LogP contribution in [-0.2, 0) is 4.79 Å². The lowest BCUT2D eigenvalue weighted by Gasteiger charge is -2.25. The van der Waals surface area contributed by atoms with Gasteiger partial charge in [-0.1, -0.05) is 0 Å². The minimum atomic E-state index is -0.677. The average Bonchev–Trinajstić information content (AvgIpc) is 2.25. The summed E-state index contributed by atoms with van der Waals surface area (Å²) < 4.78 is 0. The number of nitrogens with zero attached hydrogens (tertiary/aromatic N) is 3. The Morgan fingerprint density at radius 2 is 2.26 bits per heavy atom. The van der Waals surface area contributed by atoms with E-state index in [9.17, 15) is 14.9 Å². The van der Waals surface area contributed by atoms with Gasteiger partial charge in [-0.2, -0.15) is 5.26 Å². The molecule has 1 aromatic heterocycles. The van der Waals surface area contributed by atoms with Crippen LogP contribution in [0.3, 0.4) is 0 Å². The van der Waals surface area contributed by atoms with Gasteiger partial charge in [0, 0.05) is 18.0 Å². The zero-order valence-electron chi connectivity index (χ0n) is 10.5. The molecule has 0 saturated heterocycles. The highest BCUT2D eigenvalue weighted by Gasteiger charge is 2.22. The van der Waals surface area contributed by atoms with Gasteiger partial charge in [-0.3, -0.25) is 14.9 Å². The fourth-order valence-corrected chi connectivity index (χ4v) is 1.58. The van der Waals surface area contributed by atoms with Crippen molar-refractivity contribution in [2.75, 3.05) is 5.32 Å². The molecule has 0 unspecified atom stereocenters. The van der Waals surface area contributed by atoms with E-state index in [-0.39, 0.29) is 23.6 Å². The lowest BCUT2D eigenvalue weighted by atomic mass is 10.0. The molecule has 1 aromatic rings.